The molecule has 0 fully saturated rings. The van der Waals surface area contributed by atoms with Crippen molar-refractivity contribution in [3.05, 3.63) is 89.1 Å². The SMILES string of the molecule is C=C(C(=C)C(C)c1ccc(O)cc1C)C1C=CC=C(C(C)(C)C)C=C1CC. The van der Waals surface area contributed by atoms with E-state index in [0.717, 1.165) is 23.1 Å². The van der Waals surface area contributed by atoms with Gasteiger partial charge in [-0.2, -0.15) is 0 Å². The molecule has 1 N–H and O–H groups in total. The zero-order valence-corrected chi connectivity index (χ0v) is 17.8. The fraction of sp³-hybridized carbons (Fsp3) is 0.385. The Balaban J connectivity index is 2.32. The summed E-state index contributed by atoms with van der Waals surface area (Å²) in [6.45, 7) is 22.0. The Morgan fingerprint density at radius 3 is 2.44 bits per heavy atom. The number of aromatic hydroxyl groups is 1. The molecule has 1 nitrogen and oxygen atoms in total. The molecule has 0 saturated heterocycles. The summed E-state index contributed by atoms with van der Waals surface area (Å²) >= 11 is 0. The molecule has 1 aliphatic rings. The predicted molar refractivity (Wildman–Crippen MR) is 118 cm³/mol. The summed E-state index contributed by atoms with van der Waals surface area (Å²) < 4.78 is 0. The lowest BCUT2D eigenvalue weighted by molar-refractivity contribution is 0.474. The van der Waals surface area contributed by atoms with Gasteiger partial charge in [-0.1, -0.05) is 83.7 Å². The Hall–Kier alpha value is -2.28. The van der Waals surface area contributed by atoms with Crippen molar-refractivity contribution in [2.75, 3.05) is 0 Å². The molecule has 0 saturated carbocycles. The Kier molecular flexibility index (Phi) is 6.36. The van der Waals surface area contributed by atoms with Crippen LogP contribution in [0.1, 0.15) is 58.1 Å². The van der Waals surface area contributed by atoms with E-state index in [0.29, 0.717) is 5.75 Å². The van der Waals surface area contributed by atoms with E-state index in [4.69, 9.17) is 0 Å². The maximum absolute atomic E-state index is 9.70. The topological polar surface area (TPSA) is 20.2 Å². The van der Waals surface area contributed by atoms with Crippen LogP contribution < -0.4 is 0 Å². The van der Waals surface area contributed by atoms with Crippen LogP contribution in [0.5, 0.6) is 5.75 Å². The number of phenols is 1. The molecular weight excluding hydrogens is 328 g/mol. The average molecular weight is 363 g/mol. The monoisotopic (exact) mass is 362 g/mol. The molecule has 1 aromatic carbocycles. The second kappa shape index (κ2) is 8.17. The lowest BCUT2D eigenvalue weighted by Crippen LogP contribution is -2.12. The van der Waals surface area contributed by atoms with Crippen LogP contribution in [0.4, 0.5) is 0 Å². The van der Waals surface area contributed by atoms with E-state index < -0.39 is 0 Å². The minimum atomic E-state index is 0.119. The fourth-order valence-corrected chi connectivity index (χ4v) is 3.67. The van der Waals surface area contributed by atoms with Crippen molar-refractivity contribution in [3.8, 4) is 5.75 Å². The van der Waals surface area contributed by atoms with Crippen molar-refractivity contribution in [2.45, 2.75) is 53.9 Å². The van der Waals surface area contributed by atoms with Crippen LogP contribution in [0.15, 0.2) is 78.0 Å². The van der Waals surface area contributed by atoms with Gasteiger partial charge in [-0.25, -0.2) is 0 Å². The summed E-state index contributed by atoms with van der Waals surface area (Å²) in [5, 5.41) is 9.70. The number of hydrogen-bond donors (Lipinski definition) is 1. The van der Waals surface area contributed by atoms with Gasteiger partial charge in [-0.05, 0) is 58.7 Å². The summed E-state index contributed by atoms with van der Waals surface area (Å²) in [6.07, 6.45) is 9.97. The lowest BCUT2D eigenvalue weighted by Gasteiger charge is -2.26. The van der Waals surface area contributed by atoms with Gasteiger partial charge in [0.15, 0.2) is 0 Å². The summed E-state index contributed by atoms with van der Waals surface area (Å²) in [5.41, 5.74) is 7.24. The first kappa shape index (κ1) is 21.0. The largest absolute Gasteiger partial charge is 0.508 e. The number of allylic oxidation sites excluding steroid dienone is 8. The van der Waals surface area contributed by atoms with Crippen LogP contribution in [0.25, 0.3) is 0 Å². The number of aryl methyl sites for hydroxylation is 1. The van der Waals surface area contributed by atoms with Crippen LogP contribution >= 0.6 is 0 Å². The molecule has 1 aromatic rings. The Morgan fingerprint density at radius 2 is 1.89 bits per heavy atom. The second-order valence-electron chi connectivity index (χ2n) is 8.62. The third-order valence-electron chi connectivity index (χ3n) is 5.62. The highest BCUT2D eigenvalue weighted by molar-refractivity contribution is 5.49. The van der Waals surface area contributed by atoms with Gasteiger partial charge >= 0.3 is 0 Å². The number of rotatable bonds is 5. The predicted octanol–water partition coefficient (Wildman–Crippen LogP) is 7.41. The first-order chi connectivity index (χ1) is 12.6. The van der Waals surface area contributed by atoms with Gasteiger partial charge in [-0.15, -0.1) is 0 Å². The van der Waals surface area contributed by atoms with E-state index in [-0.39, 0.29) is 17.3 Å². The van der Waals surface area contributed by atoms with E-state index in [2.05, 4.69) is 72.1 Å². The molecular formula is C26H34O. The van der Waals surface area contributed by atoms with Crippen molar-refractivity contribution >= 4 is 0 Å². The van der Waals surface area contributed by atoms with E-state index in [9.17, 15) is 5.11 Å². The highest BCUT2D eigenvalue weighted by Crippen LogP contribution is 2.39. The van der Waals surface area contributed by atoms with Crippen LogP contribution in [0, 0.1) is 18.3 Å². The molecule has 144 valence electrons. The second-order valence-corrected chi connectivity index (χ2v) is 8.62. The molecule has 0 aromatic heterocycles. The molecule has 2 rings (SSSR count). The van der Waals surface area contributed by atoms with Gasteiger partial charge in [0, 0.05) is 11.8 Å². The smallest absolute Gasteiger partial charge is 0.115 e. The average Bonchev–Trinajstić information content (AvgIpc) is 2.82. The third kappa shape index (κ3) is 4.71. The molecule has 2 atom stereocenters. The van der Waals surface area contributed by atoms with E-state index in [1.54, 1.807) is 6.07 Å². The highest BCUT2D eigenvalue weighted by atomic mass is 16.3. The fourth-order valence-electron chi connectivity index (χ4n) is 3.67. The highest BCUT2D eigenvalue weighted by Gasteiger charge is 2.24. The first-order valence-electron chi connectivity index (χ1n) is 9.83. The Morgan fingerprint density at radius 1 is 1.22 bits per heavy atom. The number of hydrogen-bond acceptors (Lipinski definition) is 1. The normalized spacial score (nSPS) is 18.4. The molecule has 0 radical (unpaired) electrons. The molecule has 27 heavy (non-hydrogen) atoms. The minimum absolute atomic E-state index is 0.119. The maximum Gasteiger partial charge on any atom is 0.115 e. The summed E-state index contributed by atoms with van der Waals surface area (Å²) in [7, 11) is 0. The molecule has 1 aliphatic carbocycles. The molecule has 2 unspecified atom stereocenters. The Bertz CT molecular complexity index is 824. The zero-order valence-electron chi connectivity index (χ0n) is 17.8. The van der Waals surface area contributed by atoms with E-state index >= 15 is 0 Å². The Labute approximate surface area is 165 Å². The number of benzene rings is 1. The number of phenolic OH excluding ortho intramolecular Hbond substituents is 1. The first-order valence-corrected chi connectivity index (χ1v) is 9.83. The van der Waals surface area contributed by atoms with Gasteiger partial charge in [-0.3, -0.25) is 0 Å². The summed E-state index contributed by atoms with van der Waals surface area (Å²) in [4.78, 5) is 0. The lowest BCUT2D eigenvalue weighted by atomic mass is 9.78. The van der Waals surface area contributed by atoms with E-state index in [1.807, 2.05) is 19.1 Å². The maximum atomic E-state index is 9.70. The third-order valence-corrected chi connectivity index (χ3v) is 5.62. The van der Waals surface area contributed by atoms with Crippen LogP contribution in [-0.2, 0) is 0 Å². The summed E-state index contributed by atoms with van der Waals surface area (Å²) in [6, 6.07) is 5.55. The molecule has 0 bridgehead atoms. The molecule has 0 spiro atoms. The van der Waals surface area contributed by atoms with E-state index in [1.165, 1.54) is 16.7 Å². The molecule has 1 heteroatoms. The van der Waals surface area contributed by atoms with Gasteiger partial charge in [0.25, 0.3) is 0 Å². The van der Waals surface area contributed by atoms with Crippen molar-refractivity contribution in [1.82, 2.24) is 0 Å². The van der Waals surface area contributed by atoms with Crippen LogP contribution in [0.2, 0.25) is 0 Å². The van der Waals surface area contributed by atoms with Crippen LogP contribution in [0.3, 0.4) is 0 Å². The van der Waals surface area contributed by atoms with Crippen molar-refractivity contribution < 1.29 is 5.11 Å². The zero-order chi connectivity index (χ0) is 20.4. The van der Waals surface area contributed by atoms with Crippen molar-refractivity contribution in [2.24, 2.45) is 11.3 Å². The molecule has 0 heterocycles. The van der Waals surface area contributed by atoms with Gasteiger partial charge in [0.2, 0.25) is 0 Å². The molecule has 0 aliphatic heterocycles. The van der Waals surface area contributed by atoms with Crippen LogP contribution in [-0.4, -0.2) is 5.11 Å². The standard InChI is InChI=1S/C26H34O/c1-9-21-16-22(26(6,7)8)11-10-12-25(21)20(5)18(3)19(4)24-14-13-23(27)15-17(24)2/h10-16,19,25,27H,3,5,9H2,1-2,4,6-8H3. The van der Waals surface area contributed by atoms with Gasteiger partial charge in [0.05, 0.1) is 0 Å². The van der Waals surface area contributed by atoms with Crippen molar-refractivity contribution in [1.29, 1.82) is 0 Å². The van der Waals surface area contributed by atoms with Gasteiger partial charge in [0.1, 0.15) is 5.75 Å². The molecule has 0 amide bonds. The van der Waals surface area contributed by atoms with Gasteiger partial charge < -0.3 is 5.11 Å². The van der Waals surface area contributed by atoms with Crippen molar-refractivity contribution in [3.63, 3.8) is 0 Å². The minimum Gasteiger partial charge on any atom is -0.508 e. The quantitative estimate of drug-likeness (QED) is 0.541. The summed E-state index contributed by atoms with van der Waals surface area (Å²) in [5.74, 6) is 0.637.